The highest BCUT2D eigenvalue weighted by molar-refractivity contribution is 7.99. The van der Waals surface area contributed by atoms with Gasteiger partial charge in [-0.3, -0.25) is 0 Å². The molecule has 2 heterocycles. The summed E-state index contributed by atoms with van der Waals surface area (Å²) in [6.45, 7) is 1.97. The molecule has 1 atom stereocenters. The van der Waals surface area contributed by atoms with Gasteiger partial charge < -0.3 is 4.57 Å². The van der Waals surface area contributed by atoms with Crippen LogP contribution < -0.4 is 0 Å². The number of aromatic nitrogens is 3. The van der Waals surface area contributed by atoms with E-state index in [2.05, 4.69) is 20.8 Å². The Labute approximate surface area is 139 Å². The van der Waals surface area contributed by atoms with Gasteiger partial charge in [0.1, 0.15) is 11.3 Å². The number of hydrogen-bond donors (Lipinski definition) is 0. The van der Waals surface area contributed by atoms with Crippen molar-refractivity contribution < 1.29 is 0 Å². The monoisotopic (exact) mass is 343 g/mol. The van der Waals surface area contributed by atoms with Crippen LogP contribution in [0.15, 0.2) is 12.3 Å². The van der Waals surface area contributed by atoms with E-state index in [1.807, 2.05) is 24.8 Å². The molecule has 0 aliphatic heterocycles. The van der Waals surface area contributed by atoms with E-state index < -0.39 is 0 Å². The van der Waals surface area contributed by atoms with Crippen LogP contribution in [0.3, 0.4) is 0 Å². The Kier molecular flexibility index (Phi) is 4.67. The summed E-state index contributed by atoms with van der Waals surface area (Å²) in [5, 5.41) is 1.28. The Morgan fingerprint density at radius 3 is 2.67 bits per heavy atom. The Balaban J connectivity index is 2.02. The zero-order valence-electron chi connectivity index (χ0n) is 12.2. The van der Waals surface area contributed by atoms with Crippen molar-refractivity contribution in [3.05, 3.63) is 23.1 Å². The summed E-state index contributed by atoms with van der Waals surface area (Å²) in [5.74, 6) is 0.911. The first-order valence-electron chi connectivity index (χ1n) is 7.30. The number of thioether (sulfide) groups is 1. The fourth-order valence-electron chi connectivity index (χ4n) is 3.15. The number of rotatable bonds is 3. The summed E-state index contributed by atoms with van der Waals surface area (Å²) in [4.78, 5) is 9.17. The van der Waals surface area contributed by atoms with Crippen molar-refractivity contribution in [3.63, 3.8) is 0 Å². The van der Waals surface area contributed by atoms with E-state index in [9.17, 15) is 0 Å². The molecule has 114 valence electrons. The molecule has 3 rings (SSSR count). The number of halogens is 2. The number of alkyl halides is 1. The van der Waals surface area contributed by atoms with Gasteiger partial charge in [0.15, 0.2) is 5.65 Å². The number of fused-ring (bicyclic) bond motifs is 1. The standard InChI is InChI=1S/C15H19Cl2N3S/c1-9(16)14-19-13-7-10(17)8-18-15(13)20(14)11-3-5-12(21-2)6-4-11/h7-9,11-12H,3-6H2,1-2H3. The van der Waals surface area contributed by atoms with Gasteiger partial charge in [-0.15, -0.1) is 11.6 Å². The van der Waals surface area contributed by atoms with Gasteiger partial charge in [-0.2, -0.15) is 11.8 Å². The molecule has 0 bridgehead atoms. The minimum atomic E-state index is -0.128. The molecule has 1 saturated carbocycles. The van der Waals surface area contributed by atoms with Crippen LogP contribution >= 0.6 is 35.0 Å². The summed E-state index contributed by atoms with van der Waals surface area (Å²) in [6.07, 6.45) is 8.71. The summed E-state index contributed by atoms with van der Waals surface area (Å²) >= 11 is 14.4. The van der Waals surface area contributed by atoms with Gasteiger partial charge in [0.2, 0.25) is 0 Å². The van der Waals surface area contributed by atoms with E-state index in [0.29, 0.717) is 11.1 Å². The average molecular weight is 344 g/mol. The molecular formula is C15H19Cl2N3S. The lowest BCUT2D eigenvalue weighted by Crippen LogP contribution is -2.21. The zero-order chi connectivity index (χ0) is 15.0. The van der Waals surface area contributed by atoms with E-state index in [0.717, 1.165) is 35.1 Å². The molecular weight excluding hydrogens is 325 g/mol. The van der Waals surface area contributed by atoms with Crippen molar-refractivity contribution in [1.82, 2.24) is 14.5 Å². The van der Waals surface area contributed by atoms with Gasteiger partial charge in [-0.05, 0) is 44.9 Å². The van der Waals surface area contributed by atoms with Crippen molar-refractivity contribution in [3.8, 4) is 0 Å². The third-order valence-corrected chi connectivity index (χ3v) is 5.76. The van der Waals surface area contributed by atoms with Crippen LogP contribution in [-0.4, -0.2) is 26.0 Å². The highest BCUT2D eigenvalue weighted by Gasteiger charge is 2.27. The van der Waals surface area contributed by atoms with E-state index >= 15 is 0 Å². The van der Waals surface area contributed by atoms with Gasteiger partial charge in [-0.1, -0.05) is 11.6 Å². The van der Waals surface area contributed by atoms with E-state index in [-0.39, 0.29) is 5.38 Å². The minimum absolute atomic E-state index is 0.128. The number of pyridine rings is 1. The second kappa shape index (κ2) is 6.35. The van der Waals surface area contributed by atoms with Crippen LogP contribution in [0, 0.1) is 0 Å². The van der Waals surface area contributed by atoms with Crippen LogP contribution in [0.4, 0.5) is 0 Å². The first kappa shape index (κ1) is 15.4. The molecule has 1 aliphatic carbocycles. The van der Waals surface area contributed by atoms with Crippen LogP contribution in [0.1, 0.15) is 49.9 Å². The molecule has 0 N–H and O–H groups in total. The Hall–Kier alpha value is -0.450. The molecule has 0 spiro atoms. The molecule has 3 nitrogen and oxygen atoms in total. The molecule has 0 radical (unpaired) electrons. The van der Waals surface area contributed by atoms with Crippen LogP contribution in [0.5, 0.6) is 0 Å². The number of imidazole rings is 1. The zero-order valence-corrected chi connectivity index (χ0v) is 14.5. The Morgan fingerprint density at radius 2 is 2.05 bits per heavy atom. The molecule has 0 amide bonds. The Bertz CT molecular complexity index is 633. The highest BCUT2D eigenvalue weighted by atomic mass is 35.5. The molecule has 2 aromatic heterocycles. The Morgan fingerprint density at radius 1 is 1.33 bits per heavy atom. The highest BCUT2D eigenvalue weighted by Crippen LogP contribution is 2.37. The maximum Gasteiger partial charge on any atom is 0.160 e. The van der Waals surface area contributed by atoms with Crippen molar-refractivity contribution >= 4 is 46.1 Å². The van der Waals surface area contributed by atoms with E-state index in [4.69, 9.17) is 23.2 Å². The predicted molar refractivity (Wildman–Crippen MR) is 91.6 cm³/mol. The fraction of sp³-hybridized carbons (Fsp3) is 0.600. The van der Waals surface area contributed by atoms with Gasteiger partial charge in [-0.25, -0.2) is 9.97 Å². The fourth-order valence-corrected chi connectivity index (χ4v) is 4.20. The maximum atomic E-state index is 6.35. The lowest BCUT2D eigenvalue weighted by molar-refractivity contribution is 0.357. The summed E-state index contributed by atoms with van der Waals surface area (Å²) in [6, 6.07) is 2.32. The molecule has 21 heavy (non-hydrogen) atoms. The second-order valence-corrected chi connectivity index (χ2v) is 7.85. The number of hydrogen-bond acceptors (Lipinski definition) is 3. The normalized spacial score (nSPS) is 24.4. The summed E-state index contributed by atoms with van der Waals surface area (Å²) in [7, 11) is 0. The van der Waals surface area contributed by atoms with E-state index in [1.165, 1.54) is 12.8 Å². The first-order valence-corrected chi connectivity index (χ1v) is 9.40. The van der Waals surface area contributed by atoms with Gasteiger partial charge >= 0.3 is 0 Å². The molecule has 1 fully saturated rings. The van der Waals surface area contributed by atoms with Crippen LogP contribution in [-0.2, 0) is 0 Å². The minimum Gasteiger partial charge on any atom is -0.308 e. The largest absolute Gasteiger partial charge is 0.308 e. The summed E-state index contributed by atoms with van der Waals surface area (Å²) in [5.41, 5.74) is 1.76. The lowest BCUT2D eigenvalue weighted by Gasteiger charge is -2.29. The van der Waals surface area contributed by atoms with Crippen LogP contribution in [0.25, 0.3) is 11.2 Å². The molecule has 0 aromatic carbocycles. The second-order valence-electron chi connectivity index (χ2n) is 5.62. The SMILES string of the molecule is CSC1CCC(n2c(C(C)Cl)nc3cc(Cl)cnc32)CC1. The van der Waals surface area contributed by atoms with Gasteiger partial charge in [0, 0.05) is 17.5 Å². The van der Waals surface area contributed by atoms with Crippen molar-refractivity contribution in [1.29, 1.82) is 0 Å². The van der Waals surface area contributed by atoms with Crippen molar-refractivity contribution in [2.24, 2.45) is 0 Å². The predicted octanol–water partition coefficient (Wildman–Crippen LogP) is 5.23. The quantitative estimate of drug-likeness (QED) is 0.714. The molecule has 1 unspecified atom stereocenters. The lowest BCUT2D eigenvalue weighted by atomic mass is 9.94. The summed E-state index contributed by atoms with van der Waals surface area (Å²) < 4.78 is 2.25. The van der Waals surface area contributed by atoms with Gasteiger partial charge in [0.05, 0.1) is 10.4 Å². The third kappa shape index (κ3) is 3.03. The topological polar surface area (TPSA) is 30.7 Å². The smallest absolute Gasteiger partial charge is 0.160 e. The number of nitrogens with zero attached hydrogens (tertiary/aromatic N) is 3. The van der Waals surface area contributed by atoms with Crippen molar-refractivity contribution in [2.45, 2.75) is 49.3 Å². The first-order chi connectivity index (χ1) is 10.1. The van der Waals surface area contributed by atoms with Crippen LogP contribution in [0.2, 0.25) is 5.02 Å². The third-order valence-electron chi connectivity index (χ3n) is 4.22. The molecule has 6 heteroatoms. The van der Waals surface area contributed by atoms with E-state index in [1.54, 1.807) is 6.20 Å². The molecule has 0 saturated heterocycles. The average Bonchev–Trinajstić information content (AvgIpc) is 2.86. The molecule has 2 aromatic rings. The molecule has 1 aliphatic rings. The maximum absolute atomic E-state index is 6.35. The van der Waals surface area contributed by atoms with Crippen molar-refractivity contribution in [2.75, 3.05) is 6.26 Å². The van der Waals surface area contributed by atoms with Gasteiger partial charge in [0.25, 0.3) is 0 Å².